The van der Waals surface area contributed by atoms with Gasteiger partial charge >= 0.3 is 0 Å². The van der Waals surface area contributed by atoms with Crippen LogP contribution >= 0.6 is 0 Å². The molecule has 0 spiro atoms. The van der Waals surface area contributed by atoms with Gasteiger partial charge in [0.25, 0.3) is 5.91 Å². The number of primary amides is 1. The molecule has 0 radical (unpaired) electrons. The standard InChI is InChI=1S/C28H28N2O8/c1-30(2)22-17-10-14-9-16-15(13-5-3-12(11-31)4-6-13)7-8-18(32)20(16)23(33)19(14)25(35)28(17,38)26(36)21(24(22)34)27(29)37/h3-8,14,17,22,31-33,36,38H,9-11H2,1-2H3,(H2,29,37)/t14-,17-,22?,28-/m0/s1. The van der Waals surface area contributed by atoms with Crippen LogP contribution in [0.25, 0.3) is 16.9 Å². The molecule has 0 aromatic heterocycles. The Morgan fingerprint density at radius 2 is 1.74 bits per heavy atom. The molecule has 1 saturated carbocycles. The molecule has 1 amide bonds. The first-order valence-corrected chi connectivity index (χ1v) is 12.1. The van der Waals surface area contributed by atoms with Gasteiger partial charge in [0.15, 0.2) is 11.4 Å². The van der Waals surface area contributed by atoms with Crippen molar-refractivity contribution in [3.63, 3.8) is 0 Å². The number of aliphatic hydroxyl groups is 4. The number of benzene rings is 2. The summed E-state index contributed by atoms with van der Waals surface area (Å²) in [6.07, 6.45) is 0.213. The summed E-state index contributed by atoms with van der Waals surface area (Å²) in [5.74, 6) is -6.83. The molecule has 38 heavy (non-hydrogen) atoms. The number of nitrogens with two attached hydrogens (primary N) is 1. The Kier molecular flexibility index (Phi) is 5.94. The van der Waals surface area contributed by atoms with Crippen molar-refractivity contribution >= 4 is 23.2 Å². The molecule has 10 heteroatoms. The lowest BCUT2D eigenvalue weighted by atomic mass is 9.57. The van der Waals surface area contributed by atoms with E-state index in [2.05, 4.69) is 0 Å². The first-order chi connectivity index (χ1) is 17.9. The number of phenols is 1. The maximum absolute atomic E-state index is 13.9. The second-order valence-corrected chi connectivity index (χ2v) is 10.3. The molecule has 7 N–H and O–H groups in total. The fraction of sp³-hybridized carbons (Fsp3) is 0.321. The predicted octanol–water partition coefficient (Wildman–Crippen LogP) is 1.12. The SMILES string of the molecule is CN(C)C1C(=O)C(C(N)=O)=C(O)[C@@]2(O)C(=O)C3=C(O)c4c(O)ccc(-c5ccc(CO)cc5)c4C[C@H]3C[C@@H]12. The van der Waals surface area contributed by atoms with Crippen molar-refractivity contribution in [2.24, 2.45) is 17.6 Å². The van der Waals surface area contributed by atoms with E-state index < -0.39 is 58.0 Å². The van der Waals surface area contributed by atoms with Gasteiger partial charge in [0.2, 0.25) is 5.78 Å². The Bertz CT molecular complexity index is 1460. The van der Waals surface area contributed by atoms with Gasteiger partial charge in [0, 0.05) is 11.5 Å². The van der Waals surface area contributed by atoms with E-state index in [1.165, 1.54) is 11.0 Å². The molecule has 4 atom stereocenters. The van der Waals surface area contributed by atoms with E-state index in [0.29, 0.717) is 16.7 Å². The fourth-order valence-electron chi connectivity index (χ4n) is 6.30. The zero-order chi connectivity index (χ0) is 27.7. The number of nitrogens with zero attached hydrogens (tertiary/aromatic N) is 1. The first-order valence-electron chi connectivity index (χ1n) is 12.1. The van der Waals surface area contributed by atoms with E-state index in [1.54, 1.807) is 44.4 Å². The van der Waals surface area contributed by atoms with Crippen LogP contribution in [0.4, 0.5) is 0 Å². The summed E-state index contributed by atoms with van der Waals surface area (Å²) >= 11 is 0. The van der Waals surface area contributed by atoms with Crippen molar-refractivity contribution in [2.75, 3.05) is 14.1 Å². The second kappa shape index (κ2) is 8.80. The monoisotopic (exact) mass is 520 g/mol. The smallest absolute Gasteiger partial charge is 0.255 e. The Morgan fingerprint density at radius 1 is 1.08 bits per heavy atom. The maximum atomic E-state index is 13.9. The van der Waals surface area contributed by atoms with Crippen molar-refractivity contribution in [3.05, 3.63) is 70.0 Å². The molecule has 3 aliphatic carbocycles. The normalized spacial score (nSPS) is 26.8. The third kappa shape index (κ3) is 3.41. The quantitative estimate of drug-likeness (QED) is 0.322. The molecule has 0 aliphatic heterocycles. The van der Waals surface area contributed by atoms with Crippen LogP contribution in [0.2, 0.25) is 0 Å². The number of phenolic OH excluding ortho intramolecular Hbond substituents is 1. The van der Waals surface area contributed by atoms with E-state index in [1.807, 2.05) is 0 Å². The Morgan fingerprint density at radius 3 is 2.32 bits per heavy atom. The van der Waals surface area contributed by atoms with Crippen LogP contribution in [-0.4, -0.2) is 73.6 Å². The second-order valence-electron chi connectivity index (χ2n) is 10.3. The lowest BCUT2D eigenvalue weighted by Crippen LogP contribution is -2.65. The number of aromatic hydroxyl groups is 1. The number of hydrogen-bond donors (Lipinski definition) is 6. The summed E-state index contributed by atoms with van der Waals surface area (Å²) in [5, 5.41) is 54.0. The fourth-order valence-corrected chi connectivity index (χ4v) is 6.30. The average Bonchev–Trinajstić information content (AvgIpc) is 2.86. The summed E-state index contributed by atoms with van der Waals surface area (Å²) in [6.45, 7) is -0.125. The highest BCUT2D eigenvalue weighted by atomic mass is 16.3. The minimum absolute atomic E-state index is 0.0182. The summed E-state index contributed by atoms with van der Waals surface area (Å²) < 4.78 is 0. The van der Waals surface area contributed by atoms with Crippen LogP contribution in [0, 0.1) is 11.8 Å². The summed E-state index contributed by atoms with van der Waals surface area (Å²) in [6, 6.07) is 9.06. The Hall–Kier alpha value is -3.99. The Labute approximate surface area is 217 Å². The number of carbonyl (C=O) groups is 3. The molecule has 3 aliphatic rings. The lowest BCUT2D eigenvalue weighted by Gasteiger charge is -2.50. The zero-order valence-electron chi connectivity index (χ0n) is 20.8. The number of aliphatic hydroxyl groups excluding tert-OH is 3. The molecule has 10 nitrogen and oxygen atoms in total. The van der Waals surface area contributed by atoms with Crippen LogP contribution in [-0.2, 0) is 27.4 Å². The predicted molar refractivity (Wildman–Crippen MR) is 136 cm³/mol. The molecule has 5 rings (SSSR count). The molecule has 0 heterocycles. The zero-order valence-corrected chi connectivity index (χ0v) is 20.8. The number of carbonyl (C=O) groups excluding carboxylic acids is 3. The van der Waals surface area contributed by atoms with Gasteiger partial charge in [-0.25, -0.2) is 0 Å². The molecule has 0 bridgehead atoms. The van der Waals surface area contributed by atoms with E-state index in [9.17, 15) is 39.9 Å². The van der Waals surface area contributed by atoms with Crippen molar-refractivity contribution < 1.29 is 39.9 Å². The van der Waals surface area contributed by atoms with Crippen LogP contribution < -0.4 is 5.73 Å². The van der Waals surface area contributed by atoms with Gasteiger partial charge in [-0.2, -0.15) is 0 Å². The number of fused-ring (bicyclic) bond motifs is 3. The summed E-state index contributed by atoms with van der Waals surface area (Å²) in [5.41, 5.74) is 4.42. The van der Waals surface area contributed by atoms with Crippen LogP contribution in [0.5, 0.6) is 5.75 Å². The summed E-state index contributed by atoms with van der Waals surface area (Å²) in [7, 11) is 3.11. The molecule has 0 saturated heterocycles. The lowest BCUT2D eigenvalue weighted by molar-refractivity contribution is -0.153. The highest BCUT2D eigenvalue weighted by Crippen LogP contribution is 2.53. The first kappa shape index (κ1) is 25.7. The number of likely N-dealkylation sites (N-methyl/N-ethyl adjacent to an activating group) is 1. The average molecular weight is 521 g/mol. The van der Waals surface area contributed by atoms with Crippen LogP contribution in [0.3, 0.4) is 0 Å². The number of rotatable bonds is 4. The minimum atomic E-state index is -2.67. The van der Waals surface area contributed by atoms with Crippen LogP contribution in [0.1, 0.15) is 23.1 Å². The molecule has 198 valence electrons. The summed E-state index contributed by atoms with van der Waals surface area (Å²) in [4.78, 5) is 40.6. The van der Waals surface area contributed by atoms with E-state index in [-0.39, 0.29) is 36.3 Å². The molecule has 2 aromatic carbocycles. The van der Waals surface area contributed by atoms with Crippen molar-refractivity contribution in [2.45, 2.75) is 31.1 Å². The Balaban J connectivity index is 1.72. The maximum Gasteiger partial charge on any atom is 0.255 e. The number of hydrogen-bond acceptors (Lipinski definition) is 9. The van der Waals surface area contributed by atoms with Gasteiger partial charge in [0.05, 0.1) is 18.2 Å². The van der Waals surface area contributed by atoms with Gasteiger partial charge < -0.3 is 31.3 Å². The van der Waals surface area contributed by atoms with E-state index in [4.69, 9.17) is 5.73 Å². The van der Waals surface area contributed by atoms with Crippen LogP contribution in [0.15, 0.2) is 53.3 Å². The van der Waals surface area contributed by atoms with Gasteiger partial charge in [-0.1, -0.05) is 30.3 Å². The van der Waals surface area contributed by atoms with Gasteiger partial charge in [-0.15, -0.1) is 0 Å². The molecule has 1 unspecified atom stereocenters. The molecule has 1 fully saturated rings. The van der Waals surface area contributed by atoms with Crippen molar-refractivity contribution in [1.29, 1.82) is 0 Å². The minimum Gasteiger partial charge on any atom is -0.508 e. The van der Waals surface area contributed by atoms with E-state index >= 15 is 0 Å². The van der Waals surface area contributed by atoms with Gasteiger partial charge in [-0.05, 0) is 61.2 Å². The van der Waals surface area contributed by atoms with Crippen molar-refractivity contribution in [1.82, 2.24) is 4.90 Å². The topological polar surface area (TPSA) is 182 Å². The van der Waals surface area contributed by atoms with Gasteiger partial charge in [0.1, 0.15) is 22.8 Å². The third-order valence-electron chi connectivity index (χ3n) is 8.05. The molecular formula is C28H28N2O8. The highest BCUT2D eigenvalue weighted by molar-refractivity contribution is 6.24. The van der Waals surface area contributed by atoms with Gasteiger partial charge in [-0.3, -0.25) is 19.3 Å². The number of amides is 1. The number of ketones is 2. The molecule has 2 aromatic rings. The van der Waals surface area contributed by atoms with E-state index in [0.717, 1.165) is 5.56 Å². The molecular weight excluding hydrogens is 492 g/mol. The third-order valence-corrected chi connectivity index (χ3v) is 8.05. The largest absolute Gasteiger partial charge is 0.508 e. The number of Topliss-reactive ketones (excluding diaryl/α,β-unsaturated/α-hetero) is 2. The van der Waals surface area contributed by atoms with Crippen molar-refractivity contribution in [3.8, 4) is 16.9 Å². The highest BCUT2D eigenvalue weighted by Gasteiger charge is 2.64.